The van der Waals surface area contributed by atoms with Crippen LogP contribution in [0.4, 0.5) is 5.69 Å². The molecule has 5 heteroatoms. The van der Waals surface area contributed by atoms with Gasteiger partial charge in [-0.3, -0.25) is 9.80 Å². The van der Waals surface area contributed by atoms with Crippen molar-refractivity contribution in [3.05, 3.63) is 101 Å². The number of para-hydroxylation sites is 1. The van der Waals surface area contributed by atoms with Crippen LogP contribution >= 0.6 is 11.6 Å². The van der Waals surface area contributed by atoms with Gasteiger partial charge in [-0.05, 0) is 34.9 Å². The summed E-state index contributed by atoms with van der Waals surface area (Å²) in [6, 6.07) is 26.5. The van der Waals surface area contributed by atoms with Gasteiger partial charge in [0, 0.05) is 23.8 Å². The second kappa shape index (κ2) is 7.54. The van der Waals surface area contributed by atoms with Crippen molar-refractivity contribution in [1.29, 1.82) is 0 Å². The maximum absolute atomic E-state index is 13.2. The summed E-state index contributed by atoms with van der Waals surface area (Å²) in [4.78, 5) is 15.6. The van der Waals surface area contributed by atoms with Gasteiger partial charge >= 0.3 is 0 Å². The summed E-state index contributed by atoms with van der Waals surface area (Å²) in [5.74, 6) is 0.0541. The van der Waals surface area contributed by atoms with Gasteiger partial charge < -0.3 is 4.90 Å². The minimum Gasteiger partial charge on any atom is -0.366 e. The fraction of sp³-hybridized carbons (Fsp3) is 0.208. The molecule has 0 bridgehead atoms. The summed E-state index contributed by atoms with van der Waals surface area (Å²) in [5, 5.41) is 2.47. The molecule has 4 nitrogen and oxygen atoms in total. The molecule has 2 unspecified atom stereocenters. The molecule has 0 aromatic heterocycles. The molecular weight excluding hydrogens is 382 g/mol. The molecule has 2 aliphatic rings. The molecule has 29 heavy (non-hydrogen) atoms. The zero-order valence-corrected chi connectivity index (χ0v) is 16.7. The number of anilines is 1. The Morgan fingerprint density at radius 3 is 2.34 bits per heavy atom. The molecule has 1 fully saturated rings. The third-order valence-corrected chi connectivity index (χ3v) is 6.03. The lowest BCUT2D eigenvalue weighted by molar-refractivity contribution is -0.132. The van der Waals surface area contributed by atoms with Crippen molar-refractivity contribution in [1.82, 2.24) is 10.4 Å². The van der Waals surface area contributed by atoms with E-state index < -0.39 is 0 Å². The number of benzene rings is 3. The van der Waals surface area contributed by atoms with E-state index >= 15 is 0 Å². The van der Waals surface area contributed by atoms with E-state index in [2.05, 4.69) is 58.9 Å². The molecule has 3 aromatic carbocycles. The van der Waals surface area contributed by atoms with Crippen molar-refractivity contribution in [2.45, 2.75) is 19.1 Å². The van der Waals surface area contributed by atoms with E-state index in [-0.39, 0.29) is 17.9 Å². The lowest BCUT2D eigenvalue weighted by Gasteiger charge is -2.36. The van der Waals surface area contributed by atoms with Crippen LogP contribution in [-0.4, -0.2) is 17.5 Å². The molecule has 0 radical (unpaired) electrons. The van der Waals surface area contributed by atoms with Crippen LogP contribution in [0.2, 0.25) is 5.02 Å². The number of fused-ring (bicyclic) bond motifs is 3. The number of rotatable bonds is 4. The van der Waals surface area contributed by atoms with E-state index in [0.29, 0.717) is 18.1 Å². The quantitative estimate of drug-likeness (QED) is 0.693. The number of carbonyl (C=O) groups excluding carboxylic acids is 1. The molecule has 0 spiro atoms. The van der Waals surface area contributed by atoms with Crippen molar-refractivity contribution in [3.63, 3.8) is 0 Å². The largest absolute Gasteiger partial charge is 0.366 e. The molecular formula is C24H22ClN3O. The highest BCUT2D eigenvalue weighted by atomic mass is 35.5. The second-order valence-electron chi connectivity index (χ2n) is 7.69. The molecule has 1 N–H and O–H groups in total. The normalized spacial score (nSPS) is 20.5. The topological polar surface area (TPSA) is 35.6 Å². The summed E-state index contributed by atoms with van der Waals surface area (Å²) in [5.41, 5.74) is 8.16. The number of hydrogen-bond acceptors (Lipinski definition) is 3. The predicted octanol–water partition coefficient (Wildman–Crippen LogP) is 4.56. The Morgan fingerprint density at radius 2 is 1.55 bits per heavy atom. The van der Waals surface area contributed by atoms with E-state index in [1.165, 1.54) is 16.8 Å². The Balaban J connectivity index is 1.42. The van der Waals surface area contributed by atoms with E-state index in [4.69, 9.17) is 11.6 Å². The van der Waals surface area contributed by atoms with Gasteiger partial charge in [0.05, 0.1) is 18.5 Å². The number of amides is 1. The Kier molecular flexibility index (Phi) is 4.74. The van der Waals surface area contributed by atoms with E-state index in [1.807, 2.05) is 30.3 Å². The minimum absolute atomic E-state index is 0.0121. The minimum atomic E-state index is -0.0964. The van der Waals surface area contributed by atoms with Gasteiger partial charge in [-0.2, -0.15) is 0 Å². The average Bonchev–Trinajstić information content (AvgIpc) is 3.06. The van der Waals surface area contributed by atoms with Gasteiger partial charge in [0.25, 0.3) is 0 Å². The number of halogens is 1. The van der Waals surface area contributed by atoms with Gasteiger partial charge in [0.15, 0.2) is 0 Å². The van der Waals surface area contributed by atoms with Gasteiger partial charge in [-0.25, -0.2) is 5.43 Å². The third-order valence-electron chi connectivity index (χ3n) is 5.78. The van der Waals surface area contributed by atoms with Crippen molar-refractivity contribution in [2.75, 3.05) is 11.4 Å². The van der Waals surface area contributed by atoms with Crippen LogP contribution < -0.4 is 10.3 Å². The molecule has 1 saturated heterocycles. The Labute approximate surface area is 175 Å². The summed E-state index contributed by atoms with van der Waals surface area (Å²) in [6.07, 6.45) is 0. The van der Waals surface area contributed by atoms with Crippen molar-refractivity contribution in [3.8, 4) is 0 Å². The number of carbonyl (C=O) groups is 1. The zero-order valence-electron chi connectivity index (χ0n) is 16.0. The lowest BCUT2D eigenvalue weighted by atomic mass is 9.88. The average molecular weight is 404 g/mol. The molecule has 5 rings (SSSR count). The van der Waals surface area contributed by atoms with E-state index in [0.717, 1.165) is 12.1 Å². The molecule has 0 aliphatic carbocycles. The first-order valence-corrected chi connectivity index (χ1v) is 10.3. The van der Waals surface area contributed by atoms with E-state index in [9.17, 15) is 4.79 Å². The number of hydrazine groups is 1. The maximum atomic E-state index is 13.2. The first kappa shape index (κ1) is 18.2. The van der Waals surface area contributed by atoms with Gasteiger partial charge in [-0.1, -0.05) is 72.3 Å². The van der Waals surface area contributed by atoms with Crippen LogP contribution in [0.5, 0.6) is 0 Å². The van der Waals surface area contributed by atoms with E-state index in [1.54, 1.807) is 5.01 Å². The van der Waals surface area contributed by atoms with Crippen LogP contribution in [0, 0.1) is 5.92 Å². The predicted molar refractivity (Wildman–Crippen MR) is 115 cm³/mol. The van der Waals surface area contributed by atoms with Crippen molar-refractivity contribution in [2.24, 2.45) is 5.92 Å². The van der Waals surface area contributed by atoms with Crippen LogP contribution in [0.25, 0.3) is 0 Å². The van der Waals surface area contributed by atoms with Crippen molar-refractivity contribution >= 4 is 23.2 Å². The van der Waals surface area contributed by atoms with Crippen LogP contribution in [0.15, 0.2) is 78.9 Å². The first-order chi connectivity index (χ1) is 14.2. The molecule has 2 aliphatic heterocycles. The first-order valence-electron chi connectivity index (χ1n) is 9.89. The van der Waals surface area contributed by atoms with Gasteiger partial charge in [0.2, 0.25) is 5.91 Å². The fourth-order valence-electron chi connectivity index (χ4n) is 4.36. The summed E-state index contributed by atoms with van der Waals surface area (Å²) in [6.45, 7) is 2.04. The molecule has 0 saturated carbocycles. The molecule has 1 amide bonds. The SMILES string of the molecule is O=C1C2CN(Cc3ccccc3)c3ccccc3C2NN1Cc1ccc(Cl)cc1. The maximum Gasteiger partial charge on any atom is 0.243 e. The third kappa shape index (κ3) is 3.50. The molecule has 146 valence electrons. The Bertz CT molecular complexity index is 1020. The summed E-state index contributed by atoms with van der Waals surface area (Å²) in [7, 11) is 0. The van der Waals surface area contributed by atoms with Crippen LogP contribution in [-0.2, 0) is 17.9 Å². The molecule has 2 heterocycles. The number of nitrogens with zero attached hydrogens (tertiary/aromatic N) is 2. The highest BCUT2D eigenvalue weighted by molar-refractivity contribution is 6.30. The highest BCUT2D eigenvalue weighted by Gasteiger charge is 2.45. The molecule has 3 aromatic rings. The lowest BCUT2D eigenvalue weighted by Crippen LogP contribution is -2.39. The zero-order chi connectivity index (χ0) is 19.8. The van der Waals surface area contributed by atoms with Crippen molar-refractivity contribution < 1.29 is 4.79 Å². The smallest absolute Gasteiger partial charge is 0.243 e. The second-order valence-corrected chi connectivity index (χ2v) is 8.13. The fourth-order valence-corrected chi connectivity index (χ4v) is 4.48. The highest BCUT2D eigenvalue weighted by Crippen LogP contribution is 2.41. The van der Waals surface area contributed by atoms with Gasteiger partial charge in [0.1, 0.15) is 0 Å². The van der Waals surface area contributed by atoms with Crippen LogP contribution in [0.3, 0.4) is 0 Å². The molecule has 2 atom stereocenters. The Hall–Kier alpha value is -2.82. The summed E-state index contributed by atoms with van der Waals surface area (Å²) >= 11 is 5.99. The van der Waals surface area contributed by atoms with Gasteiger partial charge in [-0.15, -0.1) is 0 Å². The number of hydrogen-bond donors (Lipinski definition) is 1. The summed E-state index contributed by atoms with van der Waals surface area (Å²) < 4.78 is 0. The standard InChI is InChI=1S/C24H22ClN3O/c25-19-12-10-18(11-13-19)15-28-24(29)21-16-27(14-17-6-2-1-3-7-17)22-9-5-4-8-20(22)23(21)26-28/h1-13,21,23,26H,14-16H2. The van der Waals surface area contributed by atoms with Crippen LogP contribution in [0.1, 0.15) is 22.7 Å². The Morgan fingerprint density at radius 1 is 0.862 bits per heavy atom. The monoisotopic (exact) mass is 403 g/mol. The number of nitrogens with one attached hydrogen (secondary N) is 1.